The number of nitro benzene ring substituents is 1. The van der Waals surface area contributed by atoms with Crippen molar-refractivity contribution in [3.05, 3.63) is 75.8 Å². The minimum absolute atomic E-state index is 0.0958. The molecule has 1 heterocycles. The molecule has 1 unspecified atom stereocenters. The van der Waals surface area contributed by atoms with Gasteiger partial charge >= 0.3 is 12.1 Å². The van der Waals surface area contributed by atoms with Gasteiger partial charge in [0.05, 0.1) is 17.0 Å². The number of likely N-dealkylation sites (tertiary alicyclic amines) is 1. The summed E-state index contributed by atoms with van der Waals surface area (Å²) in [5.74, 6) is -0.570. The van der Waals surface area contributed by atoms with Crippen molar-refractivity contribution in [1.29, 1.82) is 0 Å². The van der Waals surface area contributed by atoms with E-state index in [9.17, 15) is 19.7 Å². The van der Waals surface area contributed by atoms with Crippen molar-refractivity contribution in [3.63, 3.8) is 0 Å². The van der Waals surface area contributed by atoms with E-state index in [1.54, 1.807) is 0 Å². The van der Waals surface area contributed by atoms with Crippen molar-refractivity contribution in [2.45, 2.75) is 53.2 Å². The van der Waals surface area contributed by atoms with Gasteiger partial charge in [0.15, 0.2) is 0 Å². The lowest BCUT2D eigenvalue weighted by Crippen LogP contribution is -2.44. The molecule has 0 aromatic heterocycles. The summed E-state index contributed by atoms with van der Waals surface area (Å²) in [6.45, 7) is 8.98. The van der Waals surface area contributed by atoms with Gasteiger partial charge in [-0.15, -0.1) is 0 Å². The Balaban J connectivity index is 0.00000121. The molecule has 1 fully saturated rings. The third-order valence-electron chi connectivity index (χ3n) is 4.43. The molecule has 0 aliphatic carbocycles. The molecule has 0 radical (unpaired) electrons. The van der Waals surface area contributed by atoms with E-state index in [0.717, 1.165) is 5.56 Å². The average molecular weight is 445 g/mol. The monoisotopic (exact) mass is 444 g/mol. The van der Waals surface area contributed by atoms with Crippen LogP contribution in [0.15, 0.2) is 54.6 Å². The van der Waals surface area contributed by atoms with Crippen LogP contribution in [0.4, 0.5) is 10.5 Å². The van der Waals surface area contributed by atoms with Gasteiger partial charge in [0.2, 0.25) is 0 Å². The van der Waals surface area contributed by atoms with E-state index in [4.69, 9.17) is 9.47 Å². The van der Waals surface area contributed by atoms with E-state index in [2.05, 4.69) is 0 Å². The quantitative estimate of drug-likeness (QED) is 0.338. The van der Waals surface area contributed by atoms with E-state index in [-0.39, 0.29) is 24.4 Å². The Bertz CT molecular complexity index is 839. The summed E-state index contributed by atoms with van der Waals surface area (Å²) in [5.41, 5.74) is 1.03. The first-order chi connectivity index (χ1) is 15.5. The van der Waals surface area contributed by atoms with Crippen molar-refractivity contribution in [3.8, 4) is 0 Å². The van der Waals surface area contributed by atoms with E-state index in [1.807, 2.05) is 58.0 Å². The maximum Gasteiger partial charge on any atom is 0.410 e. The van der Waals surface area contributed by atoms with Crippen LogP contribution in [0.3, 0.4) is 0 Å². The van der Waals surface area contributed by atoms with Crippen LogP contribution in [0.1, 0.15) is 56.5 Å². The Hall–Kier alpha value is -3.42. The van der Waals surface area contributed by atoms with Gasteiger partial charge in [0.25, 0.3) is 5.69 Å². The van der Waals surface area contributed by atoms with Gasteiger partial charge in [-0.2, -0.15) is 0 Å². The van der Waals surface area contributed by atoms with Crippen molar-refractivity contribution < 1.29 is 24.0 Å². The molecule has 8 nitrogen and oxygen atoms in total. The maximum atomic E-state index is 12.3. The summed E-state index contributed by atoms with van der Waals surface area (Å²) in [6.07, 6.45) is 0.445. The lowest BCUT2D eigenvalue weighted by atomic mass is 10.1. The fourth-order valence-electron chi connectivity index (χ4n) is 2.95. The van der Waals surface area contributed by atoms with Gasteiger partial charge in [-0.1, -0.05) is 58.0 Å². The first kappa shape index (κ1) is 26.6. The molecule has 3 rings (SSSR count). The molecule has 2 aromatic carbocycles. The van der Waals surface area contributed by atoms with Crippen molar-refractivity contribution in [2.75, 3.05) is 13.1 Å². The Labute approximate surface area is 189 Å². The molecule has 174 valence electrons. The summed E-state index contributed by atoms with van der Waals surface area (Å²) in [4.78, 5) is 36.2. The van der Waals surface area contributed by atoms with Crippen LogP contribution >= 0.6 is 0 Å². The largest absolute Gasteiger partial charge is 0.457 e. The number of carbonyl (C=O) groups is 2. The highest BCUT2D eigenvalue weighted by molar-refractivity contribution is 5.89. The summed E-state index contributed by atoms with van der Waals surface area (Å²) in [7, 11) is 0. The number of piperidine rings is 1. The Morgan fingerprint density at radius 3 is 2.25 bits per heavy atom. The van der Waals surface area contributed by atoms with Crippen molar-refractivity contribution in [2.24, 2.45) is 0 Å². The zero-order valence-corrected chi connectivity index (χ0v) is 19.2. The smallest absolute Gasteiger partial charge is 0.410 e. The lowest BCUT2D eigenvalue weighted by Gasteiger charge is -2.31. The highest BCUT2D eigenvalue weighted by Crippen LogP contribution is 2.18. The molecule has 1 saturated heterocycles. The van der Waals surface area contributed by atoms with Gasteiger partial charge < -0.3 is 14.4 Å². The third-order valence-corrected chi connectivity index (χ3v) is 4.43. The van der Waals surface area contributed by atoms with Gasteiger partial charge in [0, 0.05) is 18.7 Å². The molecule has 0 N–H and O–H groups in total. The molecular formula is C24H32N2O6. The molecule has 1 aliphatic heterocycles. The predicted octanol–water partition coefficient (Wildman–Crippen LogP) is 5.61. The number of hydrogen-bond acceptors (Lipinski definition) is 6. The van der Waals surface area contributed by atoms with Gasteiger partial charge in [-0.3, -0.25) is 10.1 Å². The van der Waals surface area contributed by atoms with E-state index >= 15 is 0 Å². The van der Waals surface area contributed by atoms with E-state index < -0.39 is 23.1 Å². The zero-order chi connectivity index (χ0) is 23.9. The third kappa shape index (κ3) is 8.37. The minimum atomic E-state index is -0.570. The molecule has 0 saturated carbocycles. The Morgan fingerprint density at radius 2 is 1.66 bits per heavy atom. The topological polar surface area (TPSA) is 99.0 Å². The molecule has 2 aromatic rings. The zero-order valence-electron chi connectivity index (χ0n) is 19.2. The number of benzene rings is 2. The Kier molecular flexibility index (Phi) is 12.1. The van der Waals surface area contributed by atoms with Crippen LogP contribution < -0.4 is 0 Å². The molecular weight excluding hydrogens is 412 g/mol. The number of amides is 1. The van der Waals surface area contributed by atoms with Crippen LogP contribution in [-0.4, -0.2) is 41.1 Å². The number of carbonyl (C=O) groups excluding carboxylic acids is 2. The summed E-state index contributed by atoms with van der Waals surface area (Å²) < 4.78 is 10.8. The normalized spacial score (nSPS) is 14.6. The lowest BCUT2D eigenvalue weighted by molar-refractivity contribution is -0.384. The molecule has 32 heavy (non-hydrogen) atoms. The number of esters is 1. The molecule has 0 spiro atoms. The number of rotatable bonds is 5. The second kappa shape index (κ2) is 14.6. The van der Waals surface area contributed by atoms with Crippen LogP contribution in [-0.2, 0) is 16.1 Å². The number of hydrogen-bond donors (Lipinski definition) is 0. The maximum absolute atomic E-state index is 12.3. The standard InChI is InChI=1S/C20H20N2O6.2C2H6/c23-19(16-8-10-17(11-9-16)22(25)26)28-18-7-4-12-21(13-18)20(24)27-14-15-5-2-1-3-6-15;2*1-2/h1-3,5-6,8-11,18H,4,7,12-14H2;2*1-2H3. The van der Waals surface area contributed by atoms with Gasteiger partial charge in [-0.05, 0) is 30.5 Å². The molecule has 1 aliphatic rings. The SMILES string of the molecule is CC.CC.O=C(OC1CCCN(C(=O)OCc2ccccc2)C1)c1ccc([N+](=O)[O-])cc1. The van der Waals surface area contributed by atoms with Crippen molar-refractivity contribution in [1.82, 2.24) is 4.90 Å². The van der Waals surface area contributed by atoms with Crippen LogP contribution in [0, 0.1) is 10.1 Å². The minimum Gasteiger partial charge on any atom is -0.457 e. The fourth-order valence-corrected chi connectivity index (χ4v) is 2.95. The van der Waals surface area contributed by atoms with Crippen LogP contribution in [0.25, 0.3) is 0 Å². The summed E-state index contributed by atoms with van der Waals surface area (Å²) >= 11 is 0. The fraction of sp³-hybridized carbons (Fsp3) is 0.417. The van der Waals surface area contributed by atoms with E-state index in [1.165, 1.54) is 29.2 Å². The summed E-state index contributed by atoms with van der Waals surface area (Å²) in [6, 6.07) is 14.6. The second-order valence-electron chi connectivity index (χ2n) is 6.46. The van der Waals surface area contributed by atoms with Crippen LogP contribution in [0.5, 0.6) is 0 Å². The highest BCUT2D eigenvalue weighted by Gasteiger charge is 2.27. The first-order valence-corrected chi connectivity index (χ1v) is 10.9. The molecule has 0 bridgehead atoms. The number of nitro groups is 1. The van der Waals surface area contributed by atoms with Gasteiger partial charge in [-0.25, -0.2) is 9.59 Å². The molecule has 8 heteroatoms. The van der Waals surface area contributed by atoms with E-state index in [0.29, 0.717) is 19.4 Å². The molecule has 1 amide bonds. The second-order valence-corrected chi connectivity index (χ2v) is 6.46. The highest BCUT2D eigenvalue weighted by atomic mass is 16.6. The predicted molar refractivity (Wildman–Crippen MR) is 122 cm³/mol. The van der Waals surface area contributed by atoms with Crippen molar-refractivity contribution >= 4 is 17.7 Å². The summed E-state index contributed by atoms with van der Waals surface area (Å²) in [5, 5.41) is 10.7. The number of nitrogens with zero attached hydrogens (tertiary/aromatic N) is 2. The number of ether oxygens (including phenoxy) is 2. The number of non-ortho nitro benzene ring substituents is 1. The van der Waals surface area contributed by atoms with Gasteiger partial charge in [0.1, 0.15) is 12.7 Å². The first-order valence-electron chi connectivity index (χ1n) is 10.9. The molecule has 1 atom stereocenters. The van der Waals surface area contributed by atoms with Crippen LogP contribution in [0.2, 0.25) is 0 Å². The Morgan fingerprint density at radius 1 is 1.03 bits per heavy atom. The average Bonchev–Trinajstić information content (AvgIpc) is 2.86.